The van der Waals surface area contributed by atoms with Crippen molar-refractivity contribution in [2.75, 3.05) is 5.32 Å². The third kappa shape index (κ3) is 2.91. The first-order valence-corrected chi connectivity index (χ1v) is 5.15. The molecule has 3 N–H and O–H groups in total. The first-order chi connectivity index (χ1) is 7.99. The van der Waals surface area contributed by atoms with Gasteiger partial charge in [0.25, 0.3) is 0 Å². The normalized spacial score (nSPS) is 16.7. The molecule has 0 aromatic heterocycles. The van der Waals surface area contributed by atoms with E-state index in [9.17, 15) is 13.6 Å². The number of nitrogens with one attached hydrogen (secondary N) is 1. The van der Waals surface area contributed by atoms with Gasteiger partial charge in [-0.25, -0.2) is 0 Å². The minimum absolute atomic E-state index is 0.000307. The molecule has 0 radical (unpaired) electrons. The largest absolute Gasteiger partial charge is 0.435 e. The minimum Gasteiger partial charge on any atom is -0.435 e. The first-order valence-electron chi connectivity index (χ1n) is 5.15. The Bertz CT molecular complexity index is 433. The van der Waals surface area contributed by atoms with Crippen LogP contribution in [-0.4, -0.2) is 18.1 Å². The lowest BCUT2D eigenvalue weighted by Crippen LogP contribution is -2.37. The lowest BCUT2D eigenvalue weighted by molar-refractivity contribution is -0.118. The van der Waals surface area contributed by atoms with E-state index in [0.717, 1.165) is 0 Å². The van der Waals surface area contributed by atoms with Gasteiger partial charge in [-0.2, -0.15) is 8.78 Å². The number of halogens is 2. The SMILES string of the molecule is NC1(C(=O)Nc2cccc(OC(F)F)c2)CC1. The summed E-state index contributed by atoms with van der Waals surface area (Å²) >= 11 is 0. The molecule has 1 saturated carbocycles. The molecular formula is C11H12F2N2O2. The molecule has 92 valence electrons. The van der Waals surface area contributed by atoms with Crippen LogP contribution in [0.1, 0.15) is 12.8 Å². The summed E-state index contributed by atoms with van der Waals surface area (Å²) in [4.78, 5) is 11.6. The van der Waals surface area contributed by atoms with E-state index in [4.69, 9.17) is 5.73 Å². The highest BCUT2D eigenvalue weighted by Gasteiger charge is 2.45. The molecule has 0 aliphatic heterocycles. The number of carbonyl (C=O) groups excluding carboxylic acids is 1. The molecule has 0 atom stereocenters. The lowest BCUT2D eigenvalue weighted by Gasteiger charge is -2.11. The second-order valence-corrected chi connectivity index (χ2v) is 4.02. The number of carbonyl (C=O) groups is 1. The fraction of sp³-hybridized carbons (Fsp3) is 0.364. The molecule has 1 fully saturated rings. The number of rotatable bonds is 4. The monoisotopic (exact) mass is 242 g/mol. The van der Waals surface area contributed by atoms with Crippen molar-refractivity contribution in [2.45, 2.75) is 25.0 Å². The van der Waals surface area contributed by atoms with Crippen molar-refractivity contribution in [1.82, 2.24) is 0 Å². The molecule has 1 aromatic rings. The summed E-state index contributed by atoms with van der Waals surface area (Å²) in [6.07, 6.45) is 1.29. The molecular weight excluding hydrogens is 230 g/mol. The third-order valence-corrected chi connectivity index (χ3v) is 2.56. The van der Waals surface area contributed by atoms with Crippen LogP contribution in [-0.2, 0) is 4.79 Å². The Hall–Kier alpha value is -1.69. The quantitative estimate of drug-likeness (QED) is 0.844. The van der Waals surface area contributed by atoms with Crippen LogP contribution in [0.2, 0.25) is 0 Å². The Labute approximate surface area is 96.7 Å². The van der Waals surface area contributed by atoms with Crippen LogP contribution in [0.25, 0.3) is 0 Å². The number of benzene rings is 1. The Morgan fingerprint density at radius 1 is 1.47 bits per heavy atom. The van der Waals surface area contributed by atoms with Gasteiger partial charge in [0.15, 0.2) is 0 Å². The van der Waals surface area contributed by atoms with E-state index in [1.54, 1.807) is 6.07 Å². The van der Waals surface area contributed by atoms with E-state index in [2.05, 4.69) is 10.1 Å². The van der Waals surface area contributed by atoms with Crippen molar-refractivity contribution >= 4 is 11.6 Å². The van der Waals surface area contributed by atoms with E-state index in [-0.39, 0.29) is 11.7 Å². The molecule has 1 amide bonds. The minimum atomic E-state index is -2.88. The molecule has 0 spiro atoms. The molecule has 4 nitrogen and oxygen atoms in total. The van der Waals surface area contributed by atoms with Crippen LogP contribution in [0.15, 0.2) is 24.3 Å². The van der Waals surface area contributed by atoms with Crippen molar-refractivity contribution in [3.63, 3.8) is 0 Å². The molecule has 0 saturated heterocycles. The van der Waals surface area contributed by atoms with Crippen molar-refractivity contribution in [3.05, 3.63) is 24.3 Å². The summed E-state index contributed by atoms with van der Waals surface area (Å²) in [5.41, 5.74) is 5.29. The van der Waals surface area contributed by atoms with Gasteiger partial charge < -0.3 is 15.8 Å². The Morgan fingerprint density at radius 3 is 2.76 bits per heavy atom. The van der Waals surface area contributed by atoms with Crippen LogP contribution in [0, 0.1) is 0 Å². The number of anilines is 1. The lowest BCUT2D eigenvalue weighted by atomic mass is 10.2. The highest BCUT2D eigenvalue weighted by Crippen LogP contribution is 2.33. The van der Waals surface area contributed by atoms with E-state index in [0.29, 0.717) is 18.5 Å². The Morgan fingerprint density at radius 2 is 2.18 bits per heavy atom. The summed E-state index contributed by atoms with van der Waals surface area (Å²) in [6.45, 7) is -2.88. The molecule has 0 unspecified atom stereocenters. The zero-order valence-electron chi connectivity index (χ0n) is 8.95. The second kappa shape index (κ2) is 4.29. The second-order valence-electron chi connectivity index (χ2n) is 4.02. The van der Waals surface area contributed by atoms with Gasteiger partial charge in [0.2, 0.25) is 5.91 Å². The van der Waals surface area contributed by atoms with E-state index in [1.165, 1.54) is 18.2 Å². The fourth-order valence-electron chi connectivity index (χ4n) is 1.37. The van der Waals surface area contributed by atoms with Crippen LogP contribution in [0.5, 0.6) is 5.75 Å². The number of hydrogen-bond donors (Lipinski definition) is 2. The van der Waals surface area contributed by atoms with Crippen molar-refractivity contribution in [3.8, 4) is 5.75 Å². The standard InChI is InChI=1S/C11H12F2N2O2/c12-10(13)17-8-3-1-2-7(6-8)15-9(16)11(14)4-5-11/h1-3,6,10H,4-5,14H2,(H,15,16). The molecule has 1 aliphatic carbocycles. The molecule has 1 aromatic carbocycles. The maximum atomic E-state index is 12.0. The number of nitrogens with two attached hydrogens (primary N) is 1. The van der Waals surface area contributed by atoms with Gasteiger partial charge in [-0.05, 0) is 25.0 Å². The zero-order valence-corrected chi connectivity index (χ0v) is 8.95. The zero-order chi connectivity index (χ0) is 12.5. The summed E-state index contributed by atoms with van der Waals surface area (Å²) in [5.74, 6) is -0.300. The van der Waals surface area contributed by atoms with Crippen molar-refractivity contribution < 1.29 is 18.3 Å². The molecule has 0 heterocycles. The van der Waals surface area contributed by atoms with Crippen LogP contribution >= 0.6 is 0 Å². The van der Waals surface area contributed by atoms with Gasteiger partial charge in [0, 0.05) is 11.8 Å². The highest BCUT2D eigenvalue weighted by molar-refractivity contribution is 6.00. The first kappa shape index (κ1) is 11.8. The van der Waals surface area contributed by atoms with Crippen LogP contribution in [0.4, 0.5) is 14.5 Å². The van der Waals surface area contributed by atoms with Gasteiger partial charge in [-0.1, -0.05) is 6.07 Å². The van der Waals surface area contributed by atoms with Crippen LogP contribution < -0.4 is 15.8 Å². The topological polar surface area (TPSA) is 64.4 Å². The molecule has 1 aliphatic rings. The predicted molar refractivity (Wildman–Crippen MR) is 57.9 cm³/mol. The van der Waals surface area contributed by atoms with Gasteiger partial charge >= 0.3 is 6.61 Å². The fourth-order valence-corrected chi connectivity index (χ4v) is 1.37. The number of hydrogen-bond acceptors (Lipinski definition) is 3. The van der Waals surface area contributed by atoms with Gasteiger partial charge in [-0.3, -0.25) is 4.79 Å². The number of ether oxygens (including phenoxy) is 1. The molecule has 17 heavy (non-hydrogen) atoms. The average Bonchev–Trinajstić information content (AvgIpc) is 2.97. The van der Waals surface area contributed by atoms with Crippen LogP contribution in [0.3, 0.4) is 0 Å². The third-order valence-electron chi connectivity index (χ3n) is 2.56. The Balaban J connectivity index is 2.03. The summed E-state index contributed by atoms with van der Waals surface area (Å²) < 4.78 is 28.2. The van der Waals surface area contributed by atoms with Gasteiger partial charge in [-0.15, -0.1) is 0 Å². The average molecular weight is 242 g/mol. The molecule has 6 heteroatoms. The molecule has 0 bridgehead atoms. The van der Waals surface area contributed by atoms with Crippen molar-refractivity contribution in [2.24, 2.45) is 5.73 Å². The van der Waals surface area contributed by atoms with E-state index >= 15 is 0 Å². The smallest absolute Gasteiger partial charge is 0.387 e. The predicted octanol–water partition coefficient (Wildman–Crippen LogP) is 1.72. The van der Waals surface area contributed by atoms with Crippen molar-refractivity contribution in [1.29, 1.82) is 0 Å². The Kier molecular flexibility index (Phi) is 2.97. The number of alkyl halides is 2. The number of amides is 1. The summed E-state index contributed by atoms with van der Waals surface area (Å²) in [6, 6.07) is 5.82. The summed E-state index contributed by atoms with van der Waals surface area (Å²) in [5, 5.41) is 2.57. The molecule has 2 rings (SSSR count). The van der Waals surface area contributed by atoms with Gasteiger partial charge in [0.05, 0.1) is 5.54 Å². The maximum Gasteiger partial charge on any atom is 0.387 e. The highest BCUT2D eigenvalue weighted by atomic mass is 19.3. The van der Waals surface area contributed by atoms with E-state index in [1.807, 2.05) is 0 Å². The van der Waals surface area contributed by atoms with Gasteiger partial charge in [0.1, 0.15) is 5.75 Å². The summed E-state index contributed by atoms with van der Waals surface area (Å²) in [7, 11) is 0. The maximum absolute atomic E-state index is 12.0. The van der Waals surface area contributed by atoms with E-state index < -0.39 is 12.2 Å².